The Bertz CT molecular complexity index is 966. The minimum Gasteiger partial charge on any atom is -0.493 e. The molecule has 2 aromatic rings. The highest BCUT2D eigenvalue weighted by molar-refractivity contribution is 5.88. The third-order valence-corrected chi connectivity index (χ3v) is 4.92. The third-order valence-electron chi connectivity index (χ3n) is 4.92. The number of halogens is 3. The van der Waals surface area contributed by atoms with E-state index in [1.807, 2.05) is 26.8 Å². The second-order valence-corrected chi connectivity index (χ2v) is 8.50. The minimum absolute atomic E-state index is 0.0739. The fraction of sp³-hybridized carbons (Fsp3) is 0.462. The number of benzene rings is 1. The number of fused-ring (bicyclic) bond motifs is 1. The van der Waals surface area contributed by atoms with Gasteiger partial charge in [-0.1, -0.05) is 51.0 Å². The summed E-state index contributed by atoms with van der Waals surface area (Å²) in [5.74, 6) is 0.565. The van der Waals surface area contributed by atoms with Gasteiger partial charge in [0, 0.05) is 24.1 Å². The molecule has 0 aliphatic carbocycles. The quantitative estimate of drug-likeness (QED) is 0.213. The van der Waals surface area contributed by atoms with Gasteiger partial charge in [-0.15, -0.1) is 0 Å². The van der Waals surface area contributed by atoms with E-state index in [0.29, 0.717) is 24.5 Å². The molecular weight excluding hydrogens is 429 g/mol. The number of nitrogens with zero attached hydrogens (tertiary/aromatic N) is 1. The van der Waals surface area contributed by atoms with E-state index < -0.39 is 11.9 Å². The smallest absolute Gasteiger partial charge is 0.433 e. The Morgan fingerprint density at radius 2 is 1.88 bits per heavy atom. The second kappa shape index (κ2) is 13.0. The van der Waals surface area contributed by atoms with E-state index >= 15 is 0 Å². The Balaban J connectivity index is 1.71. The van der Waals surface area contributed by atoms with Crippen molar-refractivity contribution in [1.29, 1.82) is 0 Å². The van der Waals surface area contributed by atoms with Crippen molar-refractivity contribution in [1.82, 2.24) is 10.3 Å². The number of carbonyl (C=O) groups is 1. The van der Waals surface area contributed by atoms with Gasteiger partial charge in [-0.25, -0.2) is 4.98 Å². The highest BCUT2D eigenvalue weighted by atomic mass is 19.4. The first kappa shape index (κ1) is 26.4. The maximum absolute atomic E-state index is 13.1. The van der Waals surface area contributed by atoms with Crippen molar-refractivity contribution in [2.75, 3.05) is 13.2 Å². The van der Waals surface area contributed by atoms with Crippen LogP contribution in [0.4, 0.5) is 13.2 Å². The van der Waals surface area contributed by atoms with Gasteiger partial charge in [-0.3, -0.25) is 4.79 Å². The number of allylic oxidation sites excluding steroid dienone is 3. The van der Waals surface area contributed by atoms with Crippen molar-refractivity contribution >= 4 is 16.8 Å². The molecule has 0 fully saturated rings. The average molecular weight is 463 g/mol. The maximum atomic E-state index is 13.1. The first-order valence-corrected chi connectivity index (χ1v) is 11.4. The number of alkyl halides is 3. The summed E-state index contributed by atoms with van der Waals surface area (Å²) in [6, 6.07) is 7.67. The highest BCUT2D eigenvalue weighted by Gasteiger charge is 2.33. The zero-order valence-electron chi connectivity index (χ0n) is 19.5. The average Bonchev–Trinajstić information content (AvgIpc) is 2.75. The summed E-state index contributed by atoms with van der Waals surface area (Å²) in [5, 5.41) is 3.44. The molecule has 0 saturated heterocycles. The van der Waals surface area contributed by atoms with E-state index in [-0.39, 0.29) is 17.2 Å². The van der Waals surface area contributed by atoms with Crippen LogP contribution in [0.25, 0.3) is 10.9 Å². The van der Waals surface area contributed by atoms with Gasteiger partial charge in [-0.05, 0) is 49.8 Å². The standard InChI is InChI=1S/C26H33F3N2O2/c1-19(2)18-30-25(32)16-20(3)12-8-6-4-5-7-11-15-33-23-17-24(26(27,28)29)31-22-14-10-9-13-21(22)23/h8-10,12-14,16-17,19H,4-7,11,15,18H2,1-3H3,(H,30,32). The number of aromatic nitrogens is 1. The molecule has 4 nitrogen and oxygen atoms in total. The van der Waals surface area contributed by atoms with E-state index in [1.165, 1.54) is 0 Å². The van der Waals surface area contributed by atoms with Gasteiger partial charge in [0.1, 0.15) is 11.4 Å². The van der Waals surface area contributed by atoms with Gasteiger partial charge < -0.3 is 10.1 Å². The fourth-order valence-corrected chi connectivity index (χ4v) is 3.19. The van der Waals surface area contributed by atoms with E-state index in [9.17, 15) is 18.0 Å². The van der Waals surface area contributed by atoms with E-state index in [4.69, 9.17) is 4.74 Å². The Morgan fingerprint density at radius 3 is 2.61 bits per heavy atom. The van der Waals surface area contributed by atoms with E-state index in [0.717, 1.165) is 43.7 Å². The first-order valence-electron chi connectivity index (χ1n) is 11.4. The van der Waals surface area contributed by atoms with Crippen LogP contribution in [-0.2, 0) is 11.0 Å². The van der Waals surface area contributed by atoms with Gasteiger partial charge in [0.15, 0.2) is 0 Å². The predicted octanol–water partition coefficient (Wildman–Crippen LogP) is 6.86. The summed E-state index contributed by atoms with van der Waals surface area (Å²) in [6.07, 6.45) is 5.68. The van der Waals surface area contributed by atoms with Crippen LogP contribution < -0.4 is 10.1 Å². The number of rotatable bonds is 12. The molecule has 0 aliphatic rings. The van der Waals surface area contributed by atoms with Crippen molar-refractivity contribution in [3.8, 4) is 5.75 Å². The lowest BCUT2D eigenvalue weighted by atomic mass is 10.1. The predicted molar refractivity (Wildman–Crippen MR) is 126 cm³/mol. The largest absolute Gasteiger partial charge is 0.493 e. The summed E-state index contributed by atoms with van der Waals surface area (Å²) in [5.41, 5.74) is 0.244. The SMILES string of the molecule is CC(C=CCCCCCCOc1cc(C(F)(F)F)nc2ccccc12)=CC(=O)NCC(C)C. The Morgan fingerprint density at radius 1 is 1.15 bits per heavy atom. The Kier molecular flexibility index (Phi) is 10.4. The number of pyridine rings is 1. The maximum Gasteiger partial charge on any atom is 0.433 e. The van der Waals surface area contributed by atoms with Crippen LogP contribution in [0.3, 0.4) is 0 Å². The zero-order valence-corrected chi connectivity index (χ0v) is 19.5. The zero-order chi connectivity index (χ0) is 24.3. The molecule has 1 aromatic heterocycles. The van der Waals surface area contributed by atoms with Crippen LogP contribution in [0.5, 0.6) is 5.75 Å². The van der Waals surface area contributed by atoms with Gasteiger partial charge in [-0.2, -0.15) is 13.2 Å². The van der Waals surface area contributed by atoms with Crippen LogP contribution in [-0.4, -0.2) is 24.0 Å². The number of unbranched alkanes of at least 4 members (excludes halogenated alkanes) is 4. The fourth-order valence-electron chi connectivity index (χ4n) is 3.19. The normalized spacial score (nSPS) is 12.6. The number of para-hydroxylation sites is 1. The number of hydrogen-bond donors (Lipinski definition) is 1. The van der Waals surface area contributed by atoms with Gasteiger partial charge >= 0.3 is 6.18 Å². The van der Waals surface area contributed by atoms with Crippen LogP contribution >= 0.6 is 0 Å². The lowest BCUT2D eigenvalue weighted by Gasteiger charge is -2.13. The van der Waals surface area contributed by atoms with Gasteiger partial charge in [0.25, 0.3) is 0 Å². The van der Waals surface area contributed by atoms with Crippen molar-refractivity contribution in [3.05, 3.63) is 59.8 Å². The number of hydrogen-bond acceptors (Lipinski definition) is 3. The monoisotopic (exact) mass is 462 g/mol. The summed E-state index contributed by atoms with van der Waals surface area (Å²) in [7, 11) is 0. The molecule has 0 spiro atoms. The molecule has 33 heavy (non-hydrogen) atoms. The molecule has 2 rings (SSSR count). The molecule has 0 aliphatic heterocycles. The highest BCUT2D eigenvalue weighted by Crippen LogP contribution is 2.34. The molecule has 0 unspecified atom stereocenters. The lowest BCUT2D eigenvalue weighted by molar-refractivity contribution is -0.141. The van der Waals surface area contributed by atoms with E-state index in [2.05, 4.69) is 16.4 Å². The van der Waals surface area contributed by atoms with Crippen LogP contribution in [0.15, 0.2) is 54.1 Å². The summed E-state index contributed by atoms with van der Waals surface area (Å²) >= 11 is 0. The number of nitrogens with one attached hydrogen (secondary N) is 1. The number of ether oxygens (including phenoxy) is 1. The van der Waals surface area contributed by atoms with Crippen LogP contribution in [0.2, 0.25) is 0 Å². The number of carbonyl (C=O) groups excluding carboxylic acids is 1. The number of amides is 1. The summed E-state index contributed by atoms with van der Waals surface area (Å²) in [4.78, 5) is 15.4. The molecule has 0 saturated carbocycles. The molecule has 1 N–H and O–H groups in total. The molecule has 1 amide bonds. The molecule has 0 bridgehead atoms. The van der Waals surface area contributed by atoms with Crippen LogP contribution in [0.1, 0.15) is 58.6 Å². The van der Waals surface area contributed by atoms with Crippen molar-refractivity contribution in [2.24, 2.45) is 5.92 Å². The second-order valence-electron chi connectivity index (χ2n) is 8.50. The lowest BCUT2D eigenvalue weighted by Crippen LogP contribution is -2.25. The molecule has 0 atom stereocenters. The molecule has 1 heterocycles. The van der Waals surface area contributed by atoms with Crippen molar-refractivity contribution < 1.29 is 22.7 Å². The minimum atomic E-state index is -4.51. The van der Waals surface area contributed by atoms with Crippen molar-refractivity contribution in [2.45, 2.75) is 59.1 Å². The molecular formula is C26H33F3N2O2. The molecule has 0 radical (unpaired) electrons. The molecule has 7 heteroatoms. The van der Waals surface area contributed by atoms with Crippen molar-refractivity contribution in [3.63, 3.8) is 0 Å². The van der Waals surface area contributed by atoms with Crippen LogP contribution in [0, 0.1) is 5.92 Å². The molecule has 180 valence electrons. The molecule has 1 aromatic carbocycles. The summed E-state index contributed by atoms with van der Waals surface area (Å²) < 4.78 is 45.0. The van der Waals surface area contributed by atoms with E-state index in [1.54, 1.807) is 30.3 Å². The topological polar surface area (TPSA) is 51.2 Å². The third kappa shape index (κ3) is 9.68. The Hall–Kier alpha value is -2.83. The Labute approximate surface area is 193 Å². The first-order chi connectivity index (χ1) is 15.7. The van der Waals surface area contributed by atoms with Gasteiger partial charge in [0.2, 0.25) is 5.91 Å². The van der Waals surface area contributed by atoms with Gasteiger partial charge in [0.05, 0.1) is 12.1 Å². The summed E-state index contributed by atoms with van der Waals surface area (Å²) in [6.45, 7) is 7.02.